The van der Waals surface area contributed by atoms with Crippen LogP contribution in [0.2, 0.25) is 62.8 Å². The Bertz CT molecular complexity index is 252. The third-order valence-electron chi connectivity index (χ3n) is 4.07. The Hall–Kier alpha value is 0.478. The minimum Gasteiger partial charge on any atom is -0.245 e. The molecule has 0 aliphatic heterocycles. The molecule has 0 saturated carbocycles. The van der Waals surface area contributed by atoms with Crippen LogP contribution in [0.15, 0.2) is 12.7 Å². The van der Waals surface area contributed by atoms with Gasteiger partial charge in [-0.2, -0.15) is 0 Å². The molecule has 0 unspecified atom stereocenters. The van der Waals surface area contributed by atoms with Crippen LogP contribution in [-0.4, -0.2) is 33.7 Å². The van der Waals surface area contributed by atoms with Crippen LogP contribution in [0.5, 0.6) is 0 Å². The molecule has 0 aliphatic rings. The van der Waals surface area contributed by atoms with Crippen LogP contribution in [0.25, 0.3) is 0 Å². The van der Waals surface area contributed by atoms with Crippen molar-refractivity contribution in [1.29, 1.82) is 0 Å². The molecular weight excluding hydrogens is 280 g/mol. The van der Waals surface area contributed by atoms with Gasteiger partial charge in [0.25, 0.3) is 0 Å². The van der Waals surface area contributed by atoms with Crippen LogP contribution in [-0.2, 0) is 0 Å². The van der Waals surface area contributed by atoms with Gasteiger partial charge in [-0.05, 0) is 9.52 Å². The summed E-state index contributed by atoms with van der Waals surface area (Å²) in [4.78, 5) is 0. The summed E-state index contributed by atoms with van der Waals surface area (Å²) in [6.45, 7) is 29.7. The molecular formula is C14H33Si4-. The van der Waals surface area contributed by atoms with E-state index in [4.69, 9.17) is 0 Å². The zero-order chi connectivity index (χ0) is 15.0. The first-order valence-corrected chi connectivity index (χ1v) is 18.4. The van der Waals surface area contributed by atoms with Crippen LogP contribution < -0.4 is 0 Å². The maximum Gasteiger partial charge on any atom is 0.0411 e. The molecule has 0 atom stereocenters. The van der Waals surface area contributed by atoms with E-state index in [9.17, 15) is 0 Å². The molecule has 0 aromatic rings. The van der Waals surface area contributed by atoms with Gasteiger partial charge in [0.05, 0.1) is 0 Å². The van der Waals surface area contributed by atoms with Crippen LogP contribution in [0, 0.1) is 5.54 Å². The summed E-state index contributed by atoms with van der Waals surface area (Å²) in [5.41, 5.74) is 1.53. The summed E-state index contributed by atoms with van der Waals surface area (Å²) < 4.78 is 0.672. The van der Waals surface area contributed by atoms with Gasteiger partial charge < -0.3 is 0 Å². The van der Waals surface area contributed by atoms with Gasteiger partial charge in [-0.1, -0.05) is 62.8 Å². The first-order valence-electron chi connectivity index (χ1n) is 6.95. The first kappa shape index (κ1) is 18.5. The summed E-state index contributed by atoms with van der Waals surface area (Å²) in [6.07, 6.45) is 2.10. The van der Waals surface area contributed by atoms with Gasteiger partial charge in [0, 0.05) is 24.2 Å². The van der Waals surface area contributed by atoms with E-state index in [0.29, 0.717) is 3.91 Å². The molecule has 4 heteroatoms. The Morgan fingerprint density at radius 1 is 0.833 bits per heavy atom. The van der Waals surface area contributed by atoms with Crippen molar-refractivity contribution in [2.24, 2.45) is 0 Å². The summed E-state index contributed by atoms with van der Waals surface area (Å²) in [5.74, 6) is 0. The van der Waals surface area contributed by atoms with Gasteiger partial charge in [0.2, 0.25) is 0 Å². The van der Waals surface area contributed by atoms with Crippen LogP contribution in [0.4, 0.5) is 0 Å². The fourth-order valence-corrected chi connectivity index (χ4v) is 38.3. The predicted octanol–water partition coefficient (Wildman–Crippen LogP) is 5.22. The summed E-state index contributed by atoms with van der Waals surface area (Å²) >= 11 is 0. The van der Waals surface area contributed by atoms with Crippen molar-refractivity contribution in [3.05, 3.63) is 18.2 Å². The van der Waals surface area contributed by atoms with E-state index in [2.05, 4.69) is 78.5 Å². The summed E-state index contributed by atoms with van der Waals surface area (Å²) in [7, 11) is -2.65. The smallest absolute Gasteiger partial charge is 0.0411 e. The Morgan fingerprint density at radius 2 is 1.11 bits per heavy atom. The second-order valence-corrected chi connectivity index (χ2v) is 29.1. The largest absolute Gasteiger partial charge is 0.245 e. The zero-order valence-electron chi connectivity index (χ0n) is 14.3. The van der Waals surface area contributed by atoms with Crippen molar-refractivity contribution in [3.8, 4) is 0 Å². The Kier molecular flexibility index (Phi) is 5.61. The molecule has 0 fully saturated rings. The Balaban J connectivity index is 5.99. The third kappa shape index (κ3) is 3.32. The molecule has 0 aromatic heterocycles. The van der Waals surface area contributed by atoms with Crippen molar-refractivity contribution in [2.45, 2.75) is 69.8 Å². The van der Waals surface area contributed by atoms with Gasteiger partial charge in [-0.3, -0.25) is 0 Å². The van der Waals surface area contributed by atoms with Crippen LogP contribution in [0.1, 0.15) is 6.92 Å². The standard InChI is InChI=1S/C14H33Si4/c1-12-13(2)15-14(16(3,4)5,17(6,7)8)18(9,10)11/h12H,1H2,2-11H3/q-1. The molecule has 18 heavy (non-hydrogen) atoms. The number of rotatable bonds is 6. The maximum atomic E-state index is 4.01. The second-order valence-electron chi connectivity index (χ2n) is 8.51. The fraction of sp³-hybridized carbons (Fsp3) is 0.786. The van der Waals surface area contributed by atoms with Crippen molar-refractivity contribution >= 4 is 33.7 Å². The molecule has 0 aliphatic carbocycles. The molecule has 0 amide bonds. The zero-order valence-corrected chi connectivity index (χ0v) is 18.3. The lowest BCUT2D eigenvalue weighted by atomic mass is 10.5. The van der Waals surface area contributed by atoms with Crippen LogP contribution >= 0.6 is 0 Å². The topological polar surface area (TPSA) is 0 Å². The van der Waals surface area contributed by atoms with E-state index in [1.807, 2.05) is 0 Å². The highest BCUT2D eigenvalue weighted by atomic mass is 28.5. The van der Waals surface area contributed by atoms with Gasteiger partial charge in [0.15, 0.2) is 0 Å². The van der Waals surface area contributed by atoms with Gasteiger partial charge in [0.1, 0.15) is 0 Å². The third-order valence-corrected chi connectivity index (χ3v) is 33.2. The van der Waals surface area contributed by atoms with Crippen molar-refractivity contribution in [1.82, 2.24) is 0 Å². The molecule has 0 rings (SSSR count). The molecule has 0 saturated heterocycles. The van der Waals surface area contributed by atoms with Crippen molar-refractivity contribution in [2.75, 3.05) is 0 Å². The minimum atomic E-state index is -1.22. The van der Waals surface area contributed by atoms with E-state index >= 15 is 0 Å². The van der Waals surface area contributed by atoms with Crippen LogP contribution in [0.3, 0.4) is 0 Å². The van der Waals surface area contributed by atoms with Gasteiger partial charge in [-0.15, -0.1) is 6.92 Å². The highest BCUT2D eigenvalue weighted by molar-refractivity contribution is 7.23. The quantitative estimate of drug-likeness (QED) is 0.466. The van der Waals surface area contributed by atoms with Crippen molar-refractivity contribution in [3.63, 3.8) is 0 Å². The number of hydrogen-bond donors (Lipinski definition) is 0. The predicted molar refractivity (Wildman–Crippen MR) is 97.6 cm³/mol. The molecule has 0 heterocycles. The van der Waals surface area contributed by atoms with E-state index in [0.717, 1.165) is 9.52 Å². The molecule has 0 nitrogen and oxygen atoms in total. The van der Waals surface area contributed by atoms with E-state index in [1.54, 1.807) is 0 Å². The first-order chi connectivity index (χ1) is 7.70. The number of allylic oxidation sites excluding steroid dienone is 1. The van der Waals surface area contributed by atoms with E-state index < -0.39 is 24.2 Å². The SMILES string of the molecule is C=C[C-](C)[Si]C([Si](C)(C)C)([Si](C)(C)C)[Si](C)(C)C. The summed E-state index contributed by atoms with van der Waals surface area (Å²) in [6, 6.07) is 0. The Labute approximate surface area is 122 Å². The average Bonchev–Trinajstić information content (AvgIpc) is 2.07. The highest BCUT2D eigenvalue weighted by Gasteiger charge is 2.58. The molecule has 106 valence electrons. The second kappa shape index (κ2) is 5.46. The molecule has 0 aromatic carbocycles. The van der Waals surface area contributed by atoms with Crippen molar-refractivity contribution < 1.29 is 0 Å². The molecule has 2 radical (unpaired) electrons. The molecule has 0 spiro atoms. The normalized spacial score (nSPS) is 14.6. The fourth-order valence-electron chi connectivity index (χ4n) is 4.28. The summed E-state index contributed by atoms with van der Waals surface area (Å²) in [5, 5.41) is 0. The minimum absolute atomic E-state index is 0.672. The average molecular weight is 314 g/mol. The van der Waals surface area contributed by atoms with Gasteiger partial charge >= 0.3 is 0 Å². The van der Waals surface area contributed by atoms with E-state index in [-0.39, 0.29) is 0 Å². The maximum absolute atomic E-state index is 4.01. The van der Waals surface area contributed by atoms with E-state index in [1.165, 1.54) is 5.54 Å². The highest BCUT2D eigenvalue weighted by Crippen LogP contribution is 2.53. The molecule has 0 bridgehead atoms. The van der Waals surface area contributed by atoms with Gasteiger partial charge in [-0.25, -0.2) is 18.2 Å². The number of hydrogen-bond acceptors (Lipinski definition) is 0. The lowest BCUT2D eigenvalue weighted by Crippen LogP contribution is -2.69. The molecule has 0 N–H and O–H groups in total. The lowest BCUT2D eigenvalue weighted by molar-refractivity contribution is 1.21. The lowest BCUT2D eigenvalue weighted by Gasteiger charge is -2.61. The monoisotopic (exact) mass is 313 g/mol. The Morgan fingerprint density at radius 3 is 1.28 bits per heavy atom.